The molecule has 1 aromatic rings. The summed E-state index contributed by atoms with van der Waals surface area (Å²) < 4.78 is 10.7. The predicted octanol–water partition coefficient (Wildman–Crippen LogP) is 2.32. The van der Waals surface area contributed by atoms with E-state index in [1.54, 1.807) is 13.1 Å². The maximum Gasteiger partial charge on any atom is 0.408 e. The summed E-state index contributed by atoms with van der Waals surface area (Å²) in [7, 11) is 3.90. The molecule has 0 fully saturated rings. The van der Waals surface area contributed by atoms with Crippen molar-refractivity contribution in [3.8, 4) is 0 Å². The largest absolute Gasteiger partial charge is 0.444 e. The summed E-state index contributed by atoms with van der Waals surface area (Å²) in [5, 5.41) is 2.69. The van der Waals surface area contributed by atoms with Crippen LogP contribution in [-0.2, 0) is 11.3 Å². The zero-order valence-electron chi connectivity index (χ0n) is 12.5. The van der Waals surface area contributed by atoms with Gasteiger partial charge in [-0.2, -0.15) is 0 Å². The van der Waals surface area contributed by atoms with E-state index in [1.165, 1.54) is 0 Å². The summed E-state index contributed by atoms with van der Waals surface area (Å²) in [5.41, 5.74) is -0.517. The molecule has 0 spiro atoms. The average molecular weight is 269 g/mol. The summed E-state index contributed by atoms with van der Waals surface area (Å²) in [5.74, 6) is 1.24. The molecule has 0 aliphatic carbocycles. The van der Waals surface area contributed by atoms with Gasteiger partial charge in [-0.15, -0.1) is 0 Å². The van der Waals surface area contributed by atoms with Crippen LogP contribution < -0.4 is 5.32 Å². The highest BCUT2D eigenvalue weighted by molar-refractivity contribution is 5.68. The number of carbonyl (C=O) groups excluding carboxylic acids is 1. The lowest BCUT2D eigenvalue weighted by molar-refractivity contribution is 0.0500. The number of nitrogens with one attached hydrogen (secondary N) is 1. The topological polar surface area (TPSA) is 67.6 Å². The van der Waals surface area contributed by atoms with E-state index in [4.69, 9.17) is 9.15 Å². The maximum atomic E-state index is 11.6. The second-order valence-electron chi connectivity index (χ2n) is 5.77. The molecule has 1 N–H and O–H groups in total. The van der Waals surface area contributed by atoms with Crippen LogP contribution in [0.4, 0.5) is 4.79 Å². The molecule has 1 aromatic heterocycles. The Bertz CT molecular complexity index is 421. The highest BCUT2D eigenvalue weighted by Gasteiger charge is 2.20. The van der Waals surface area contributed by atoms with Crippen LogP contribution in [0.25, 0.3) is 0 Å². The number of hydrogen-bond acceptors (Lipinski definition) is 5. The lowest BCUT2D eigenvalue weighted by Gasteiger charge is -2.21. The minimum atomic E-state index is -0.517. The van der Waals surface area contributed by atoms with Crippen LogP contribution in [-0.4, -0.2) is 35.7 Å². The van der Waals surface area contributed by atoms with Gasteiger partial charge in [-0.1, -0.05) is 0 Å². The molecule has 0 saturated carbocycles. The van der Waals surface area contributed by atoms with Gasteiger partial charge in [0.2, 0.25) is 5.89 Å². The summed E-state index contributed by atoms with van der Waals surface area (Å²) in [6, 6.07) is -0.328. The number of ether oxygens (including phenoxy) is 1. The van der Waals surface area contributed by atoms with E-state index in [2.05, 4.69) is 10.3 Å². The van der Waals surface area contributed by atoms with Gasteiger partial charge in [0.25, 0.3) is 0 Å². The van der Waals surface area contributed by atoms with E-state index >= 15 is 0 Å². The highest BCUT2D eigenvalue weighted by atomic mass is 16.6. The molecule has 1 rings (SSSR count). The summed E-state index contributed by atoms with van der Waals surface area (Å²) in [6.45, 7) is 7.92. The molecule has 0 aliphatic rings. The molecule has 1 unspecified atom stereocenters. The first-order valence-corrected chi connectivity index (χ1v) is 6.26. The van der Waals surface area contributed by atoms with Crippen molar-refractivity contribution in [2.75, 3.05) is 14.1 Å². The molecular formula is C13H23N3O3. The lowest BCUT2D eigenvalue weighted by Crippen LogP contribution is -2.34. The van der Waals surface area contributed by atoms with E-state index in [0.29, 0.717) is 12.4 Å². The van der Waals surface area contributed by atoms with Gasteiger partial charge < -0.3 is 19.4 Å². The molecule has 108 valence electrons. The number of nitrogens with zero attached hydrogens (tertiary/aromatic N) is 2. The lowest BCUT2D eigenvalue weighted by atomic mass is 10.2. The average Bonchev–Trinajstić information content (AvgIpc) is 2.61. The van der Waals surface area contributed by atoms with E-state index in [0.717, 1.165) is 5.76 Å². The van der Waals surface area contributed by atoms with Crippen molar-refractivity contribution in [1.29, 1.82) is 0 Å². The first kappa shape index (κ1) is 15.5. The zero-order valence-corrected chi connectivity index (χ0v) is 12.5. The van der Waals surface area contributed by atoms with Crippen molar-refractivity contribution in [2.24, 2.45) is 0 Å². The number of hydrogen-bond donors (Lipinski definition) is 1. The second-order valence-corrected chi connectivity index (χ2v) is 5.77. The van der Waals surface area contributed by atoms with Crippen LogP contribution in [0.1, 0.15) is 45.4 Å². The van der Waals surface area contributed by atoms with Gasteiger partial charge in [-0.3, -0.25) is 0 Å². The maximum absolute atomic E-state index is 11.6. The number of rotatable bonds is 4. The minimum Gasteiger partial charge on any atom is -0.444 e. The predicted molar refractivity (Wildman–Crippen MR) is 71.7 cm³/mol. The first-order chi connectivity index (χ1) is 8.67. The van der Waals surface area contributed by atoms with E-state index in [1.807, 2.05) is 39.8 Å². The molecule has 19 heavy (non-hydrogen) atoms. The Morgan fingerprint density at radius 1 is 1.53 bits per heavy atom. The molecular weight excluding hydrogens is 246 g/mol. The molecule has 1 heterocycles. The molecule has 1 amide bonds. The molecule has 0 aliphatic heterocycles. The van der Waals surface area contributed by atoms with Crippen LogP contribution in [0, 0.1) is 0 Å². The zero-order chi connectivity index (χ0) is 14.6. The normalized spacial score (nSPS) is 13.4. The van der Waals surface area contributed by atoms with E-state index in [9.17, 15) is 4.79 Å². The fraction of sp³-hybridized carbons (Fsp3) is 0.692. The van der Waals surface area contributed by atoms with Gasteiger partial charge >= 0.3 is 6.09 Å². The molecule has 0 saturated heterocycles. The van der Waals surface area contributed by atoms with Gasteiger partial charge in [0, 0.05) is 0 Å². The standard InChI is InChI=1S/C13H23N3O3/c1-9(15-12(17)19-13(2,3)4)11-14-7-10(18-11)8-16(5)6/h7,9H,8H2,1-6H3,(H,15,17). The van der Waals surface area contributed by atoms with Crippen molar-refractivity contribution >= 4 is 6.09 Å². The Balaban J connectivity index is 2.56. The fourth-order valence-electron chi connectivity index (χ4n) is 1.45. The van der Waals surface area contributed by atoms with Crippen LogP contribution >= 0.6 is 0 Å². The molecule has 6 heteroatoms. The number of alkyl carbamates (subject to hydrolysis) is 1. The van der Waals surface area contributed by atoms with Crippen LogP contribution in [0.3, 0.4) is 0 Å². The van der Waals surface area contributed by atoms with Crippen molar-refractivity contribution < 1.29 is 13.9 Å². The Kier molecular flexibility index (Phi) is 4.94. The smallest absolute Gasteiger partial charge is 0.408 e. The Morgan fingerprint density at radius 3 is 2.68 bits per heavy atom. The van der Waals surface area contributed by atoms with E-state index in [-0.39, 0.29) is 6.04 Å². The Morgan fingerprint density at radius 2 is 2.16 bits per heavy atom. The van der Waals surface area contributed by atoms with Gasteiger partial charge in [0.1, 0.15) is 17.4 Å². The van der Waals surface area contributed by atoms with Crippen molar-refractivity contribution in [3.63, 3.8) is 0 Å². The quantitative estimate of drug-likeness (QED) is 0.908. The molecule has 0 bridgehead atoms. The summed E-state index contributed by atoms with van der Waals surface area (Å²) in [6.07, 6.45) is 1.19. The van der Waals surface area contributed by atoms with Crippen LogP contribution in [0.2, 0.25) is 0 Å². The summed E-state index contributed by atoms with van der Waals surface area (Å²) >= 11 is 0. The highest BCUT2D eigenvalue weighted by Crippen LogP contribution is 2.15. The van der Waals surface area contributed by atoms with Crippen molar-refractivity contribution in [3.05, 3.63) is 17.8 Å². The van der Waals surface area contributed by atoms with E-state index < -0.39 is 11.7 Å². The van der Waals surface area contributed by atoms with Gasteiger partial charge in [-0.25, -0.2) is 9.78 Å². The molecule has 0 aromatic carbocycles. The SMILES string of the molecule is CC(NC(=O)OC(C)(C)C)c1ncc(CN(C)C)o1. The molecule has 6 nitrogen and oxygen atoms in total. The third-order valence-corrected chi connectivity index (χ3v) is 2.15. The van der Waals surface area contributed by atoms with Crippen molar-refractivity contribution in [2.45, 2.75) is 45.9 Å². The number of oxazole rings is 1. The fourth-order valence-corrected chi connectivity index (χ4v) is 1.45. The first-order valence-electron chi connectivity index (χ1n) is 6.26. The third kappa shape index (κ3) is 5.74. The second kappa shape index (κ2) is 6.06. The third-order valence-electron chi connectivity index (χ3n) is 2.15. The number of aromatic nitrogens is 1. The molecule has 0 radical (unpaired) electrons. The molecule has 1 atom stereocenters. The van der Waals surface area contributed by atoms with Crippen molar-refractivity contribution in [1.82, 2.24) is 15.2 Å². The number of carbonyl (C=O) groups is 1. The Hall–Kier alpha value is -1.56. The van der Waals surface area contributed by atoms with Gasteiger partial charge in [0.15, 0.2) is 0 Å². The monoisotopic (exact) mass is 269 g/mol. The van der Waals surface area contributed by atoms with Gasteiger partial charge in [0.05, 0.1) is 12.7 Å². The minimum absolute atomic E-state index is 0.328. The number of amides is 1. The van der Waals surface area contributed by atoms with Crippen LogP contribution in [0.5, 0.6) is 0 Å². The van der Waals surface area contributed by atoms with Gasteiger partial charge in [-0.05, 0) is 41.8 Å². The summed E-state index contributed by atoms with van der Waals surface area (Å²) in [4.78, 5) is 17.8. The Labute approximate surface area is 114 Å². The van der Waals surface area contributed by atoms with Crippen LogP contribution in [0.15, 0.2) is 10.6 Å².